The highest BCUT2D eigenvalue weighted by atomic mass is 16.3. The van der Waals surface area contributed by atoms with Crippen molar-refractivity contribution in [2.75, 3.05) is 11.1 Å². The van der Waals surface area contributed by atoms with Crippen molar-refractivity contribution in [1.29, 1.82) is 0 Å². The molecule has 16 heavy (non-hydrogen) atoms. The molecule has 0 heterocycles. The normalized spacial score (nSPS) is 12.6. The summed E-state index contributed by atoms with van der Waals surface area (Å²) in [5.41, 5.74) is 7.32. The molecule has 0 aromatic heterocycles. The van der Waals surface area contributed by atoms with Gasteiger partial charge in [0.05, 0.1) is 11.1 Å². The van der Waals surface area contributed by atoms with Gasteiger partial charge in [0.1, 0.15) is 0 Å². The number of hydrogen-bond donors (Lipinski definition) is 3. The third kappa shape index (κ3) is 2.89. The van der Waals surface area contributed by atoms with E-state index < -0.39 is 11.1 Å². The summed E-state index contributed by atoms with van der Waals surface area (Å²) in [4.78, 5) is 0. The molecule has 3 heteroatoms. The highest BCUT2D eigenvalue weighted by molar-refractivity contribution is 5.58. The predicted molar refractivity (Wildman–Crippen MR) is 69.6 cm³/mol. The topological polar surface area (TPSA) is 58.3 Å². The van der Waals surface area contributed by atoms with Crippen LogP contribution < -0.4 is 11.1 Å². The van der Waals surface area contributed by atoms with E-state index in [9.17, 15) is 5.11 Å². The van der Waals surface area contributed by atoms with Gasteiger partial charge in [-0.3, -0.25) is 0 Å². The van der Waals surface area contributed by atoms with Crippen molar-refractivity contribution in [3.63, 3.8) is 0 Å². The van der Waals surface area contributed by atoms with Gasteiger partial charge < -0.3 is 16.2 Å². The molecule has 0 unspecified atom stereocenters. The summed E-state index contributed by atoms with van der Waals surface area (Å²) >= 11 is 0. The first-order valence-corrected chi connectivity index (χ1v) is 5.49. The van der Waals surface area contributed by atoms with Gasteiger partial charge in [-0.25, -0.2) is 0 Å². The number of hydrogen-bond acceptors (Lipinski definition) is 3. The van der Waals surface area contributed by atoms with Crippen molar-refractivity contribution < 1.29 is 5.11 Å². The van der Waals surface area contributed by atoms with Crippen LogP contribution in [-0.4, -0.2) is 16.2 Å². The summed E-state index contributed by atoms with van der Waals surface area (Å²) in [5.74, 6) is 0. The number of benzene rings is 1. The maximum atomic E-state index is 10.1. The number of nitrogens with one attached hydrogen (secondary N) is 1. The summed E-state index contributed by atoms with van der Waals surface area (Å²) < 4.78 is 0. The maximum absolute atomic E-state index is 10.1. The van der Waals surface area contributed by atoms with E-state index in [2.05, 4.69) is 5.32 Å². The first-order chi connectivity index (χ1) is 7.12. The molecule has 0 saturated heterocycles. The van der Waals surface area contributed by atoms with Crippen LogP contribution in [0.1, 0.15) is 33.3 Å². The molecule has 4 N–H and O–H groups in total. The zero-order valence-electron chi connectivity index (χ0n) is 10.8. The largest absolute Gasteiger partial charge is 0.399 e. The lowest BCUT2D eigenvalue weighted by atomic mass is 9.85. The fourth-order valence-corrected chi connectivity index (χ4v) is 1.40. The minimum Gasteiger partial charge on any atom is -0.399 e. The van der Waals surface area contributed by atoms with Crippen LogP contribution in [0.5, 0.6) is 0 Å². The molecule has 0 atom stereocenters. The van der Waals surface area contributed by atoms with Gasteiger partial charge in [-0.2, -0.15) is 0 Å². The smallest absolute Gasteiger partial charge is 0.0814 e. The van der Waals surface area contributed by atoms with Crippen LogP contribution in [0.15, 0.2) is 18.2 Å². The Balaban J connectivity index is 2.96. The summed E-state index contributed by atoms with van der Waals surface area (Å²) in [6.45, 7) is 9.51. The number of rotatable bonds is 3. The van der Waals surface area contributed by atoms with Crippen LogP contribution in [-0.2, 0) is 0 Å². The standard InChI is InChI=1S/C13H22N2O/c1-9-6-10(14)8-11(7-9)15-12(2,3)13(4,5)16/h6-8,15-16H,14H2,1-5H3. The molecule has 0 aliphatic heterocycles. The van der Waals surface area contributed by atoms with Gasteiger partial charge in [0, 0.05) is 11.4 Å². The average Bonchev–Trinajstić information content (AvgIpc) is 1.97. The van der Waals surface area contributed by atoms with E-state index in [1.54, 1.807) is 13.8 Å². The number of nitrogen functional groups attached to an aromatic ring is 1. The van der Waals surface area contributed by atoms with Gasteiger partial charge in [0.15, 0.2) is 0 Å². The highest BCUT2D eigenvalue weighted by Gasteiger charge is 2.34. The van der Waals surface area contributed by atoms with E-state index in [1.807, 2.05) is 39.0 Å². The third-order valence-corrected chi connectivity index (χ3v) is 3.09. The fraction of sp³-hybridized carbons (Fsp3) is 0.538. The zero-order valence-corrected chi connectivity index (χ0v) is 10.8. The number of aliphatic hydroxyl groups is 1. The Bertz CT molecular complexity index is 358. The number of anilines is 2. The van der Waals surface area contributed by atoms with Crippen molar-refractivity contribution in [3.05, 3.63) is 23.8 Å². The molecule has 0 amide bonds. The van der Waals surface area contributed by atoms with Gasteiger partial charge in [0.2, 0.25) is 0 Å². The Kier molecular flexibility index (Phi) is 3.20. The molecule has 0 aliphatic carbocycles. The second kappa shape index (κ2) is 3.98. The molecule has 1 aromatic rings. The molecule has 1 aromatic carbocycles. The monoisotopic (exact) mass is 222 g/mol. The lowest BCUT2D eigenvalue weighted by molar-refractivity contribution is 0.0240. The zero-order chi connectivity index (χ0) is 12.6. The lowest BCUT2D eigenvalue weighted by Gasteiger charge is -2.39. The van der Waals surface area contributed by atoms with Gasteiger partial charge >= 0.3 is 0 Å². The van der Waals surface area contributed by atoms with Crippen molar-refractivity contribution in [3.8, 4) is 0 Å². The van der Waals surface area contributed by atoms with Crippen LogP contribution in [0.4, 0.5) is 11.4 Å². The van der Waals surface area contributed by atoms with E-state index in [0.717, 1.165) is 16.9 Å². The molecule has 0 saturated carbocycles. The average molecular weight is 222 g/mol. The number of nitrogens with two attached hydrogens (primary N) is 1. The van der Waals surface area contributed by atoms with Gasteiger partial charge in [-0.05, 0) is 58.4 Å². The third-order valence-electron chi connectivity index (χ3n) is 3.09. The Morgan fingerprint density at radius 3 is 2.12 bits per heavy atom. The van der Waals surface area contributed by atoms with Crippen molar-refractivity contribution in [2.24, 2.45) is 0 Å². The Hall–Kier alpha value is -1.22. The summed E-state index contributed by atoms with van der Waals surface area (Å²) in [5, 5.41) is 13.4. The molecule has 0 fully saturated rings. The summed E-state index contributed by atoms with van der Waals surface area (Å²) in [7, 11) is 0. The van der Waals surface area contributed by atoms with E-state index in [1.165, 1.54) is 0 Å². The molecule has 0 aliphatic rings. The molecular weight excluding hydrogens is 200 g/mol. The first-order valence-electron chi connectivity index (χ1n) is 5.49. The van der Waals surface area contributed by atoms with Crippen LogP contribution in [0.2, 0.25) is 0 Å². The molecule has 0 spiro atoms. The fourth-order valence-electron chi connectivity index (χ4n) is 1.40. The molecule has 1 rings (SSSR count). The van der Waals surface area contributed by atoms with Crippen molar-refractivity contribution in [2.45, 2.75) is 45.8 Å². The minimum absolute atomic E-state index is 0.423. The molecule has 0 bridgehead atoms. The van der Waals surface area contributed by atoms with Crippen molar-refractivity contribution in [1.82, 2.24) is 0 Å². The second-order valence-electron chi connectivity index (χ2n) is 5.44. The maximum Gasteiger partial charge on any atom is 0.0814 e. The highest BCUT2D eigenvalue weighted by Crippen LogP contribution is 2.27. The summed E-state index contributed by atoms with van der Waals surface area (Å²) in [6, 6.07) is 5.81. The van der Waals surface area contributed by atoms with Crippen LogP contribution in [0, 0.1) is 6.92 Å². The van der Waals surface area contributed by atoms with Gasteiger partial charge in [-0.1, -0.05) is 0 Å². The predicted octanol–water partition coefficient (Wildman–Crippen LogP) is 2.54. The molecule has 0 radical (unpaired) electrons. The van der Waals surface area contributed by atoms with E-state index >= 15 is 0 Å². The van der Waals surface area contributed by atoms with Gasteiger partial charge in [0.25, 0.3) is 0 Å². The Morgan fingerprint density at radius 2 is 1.69 bits per heavy atom. The van der Waals surface area contributed by atoms with Crippen LogP contribution >= 0.6 is 0 Å². The second-order valence-corrected chi connectivity index (χ2v) is 5.44. The number of aryl methyl sites for hydroxylation is 1. The van der Waals surface area contributed by atoms with Gasteiger partial charge in [-0.15, -0.1) is 0 Å². The van der Waals surface area contributed by atoms with Crippen LogP contribution in [0.25, 0.3) is 0 Å². The summed E-state index contributed by atoms with van der Waals surface area (Å²) in [6.07, 6.45) is 0. The SMILES string of the molecule is Cc1cc(N)cc(NC(C)(C)C(C)(C)O)c1. The van der Waals surface area contributed by atoms with Crippen molar-refractivity contribution >= 4 is 11.4 Å². The van der Waals surface area contributed by atoms with E-state index in [-0.39, 0.29) is 0 Å². The van der Waals surface area contributed by atoms with Crippen LogP contribution in [0.3, 0.4) is 0 Å². The van der Waals surface area contributed by atoms with E-state index in [0.29, 0.717) is 0 Å². The van der Waals surface area contributed by atoms with E-state index in [4.69, 9.17) is 5.73 Å². The first kappa shape index (κ1) is 12.8. The quantitative estimate of drug-likeness (QED) is 0.689. The molecule has 3 nitrogen and oxygen atoms in total. The molecular formula is C13H22N2O. The molecule has 90 valence electrons. The Morgan fingerprint density at radius 1 is 1.12 bits per heavy atom. The lowest BCUT2D eigenvalue weighted by Crippen LogP contribution is -2.51. The Labute approximate surface area is 97.7 Å². The minimum atomic E-state index is -0.814.